The second-order valence-electron chi connectivity index (χ2n) is 17.6. The highest BCUT2D eigenvalue weighted by Crippen LogP contribution is 2.48. The van der Waals surface area contributed by atoms with Gasteiger partial charge in [-0.15, -0.1) is 0 Å². The van der Waals surface area contributed by atoms with Gasteiger partial charge < -0.3 is 19.3 Å². The fraction of sp³-hybridized carbons (Fsp3) is 0.175. The Kier molecular flexibility index (Phi) is 11.1. The average molecular weight is 843 g/mol. The molecule has 0 spiro atoms. The molecule has 0 saturated carbocycles. The molecule has 0 bridgehead atoms. The Bertz CT molecular complexity index is 2890. The molecule has 7 nitrogen and oxygen atoms in total. The molecular formula is C57H52N3O4+. The minimum absolute atomic E-state index is 0.377. The molecule has 2 aliphatic heterocycles. The summed E-state index contributed by atoms with van der Waals surface area (Å²) >= 11 is 0. The van der Waals surface area contributed by atoms with Crippen LogP contribution in [0.1, 0.15) is 72.4 Å². The summed E-state index contributed by atoms with van der Waals surface area (Å²) in [6.07, 6.45) is 10.8. The van der Waals surface area contributed by atoms with Crippen LogP contribution in [0.2, 0.25) is 0 Å². The van der Waals surface area contributed by atoms with Gasteiger partial charge in [-0.2, -0.15) is 4.58 Å². The first-order chi connectivity index (χ1) is 30.9. The number of allylic oxidation sites excluding steroid dienone is 7. The maximum absolute atomic E-state index is 13.3. The largest absolute Gasteiger partial charge is 0.423 e. The Morgan fingerprint density at radius 2 is 1.12 bits per heavy atom. The topological polar surface area (TPSA) is 62.1 Å². The highest BCUT2D eigenvalue weighted by atomic mass is 16.5. The third-order valence-electron chi connectivity index (χ3n) is 12.9. The van der Waals surface area contributed by atoms with Gasteiger partial charge >= 0.3 is 11.9 Å². The SMILES string of the molecule is CN1/C(=C/C=C2\CCC(/C=C/C3=[N+](C)c4ccc(C(=O)Oc5ccccc5)cc4C3(C)C)=C2N(c2ccccc2)c2ccccc2)C(C)(C)c2cc(C(=O)Oc3ccccc3)ccc21. The normalized spacial score (nSPS) is 17.3. The number of nitrogens with zero attached hydrogens (tertiary/aromatic N) is 3. The van der Waals surface area contributed by atoms with E-state index in [4.69, 9.17) is 9.47 Å². The van der Waals surface area contributed by atoms with Gasteiger partial charge in [-0.1, -0.05) is 98.8 Å². The van der Waals surface area contributed by atoms with Crippen LogP contribution in [0, 0.1) is 0 Å². The summed E-state index contributed by atoms with van der Waals surface area (Å²) in [7, 11) is 4.20. The zero-order chi connectivity index (χ0) is 44.6. The van der Waals surface area contributed by atoms with E-state index in [0.29, 0.717) is 22.6 Å². The quantitative estimate of drug-likeness (QED) is 0.0778. The predicted octanol–water partition coefficient (Wildman–Crippen LogP) is 12.8. The van der Waals surface area contributed by atoms with Crippen molar-refractivity contribution in [2.75, 3.05) is 23.9 Å². The Morgan fingerprint density at radius 3 is 1.69 bits per heavy atom. The standard InChI is InChI=1S/C57H52N3O4/c1-56(2)47-37-41(54(61)63-45-23-15-9-16-24-45)29-33-49(47)58(5)51(56)35-31-39-27-28-40(53(39)60(43-19-11-7-12-20-43)44-21-13-8-14-22-44)32-36-52-57(3,4)48-38-42(30-34-50(48)59(52)6)55(62)64-46-25-17-10-18-26-46/h7-26,29-38H,27-28H2,1-6H3/q+1. The molecule has 0 atom stereocenters. The van der Waals surface area contributed by atoms with Gasteiger partial charge in [-0.3, -0.25) is 0 Å². The number of carbonyl (C=O) groups is 2. The van der Waals surface area contributed by atoms with E-state index >= 15 is 0 Å². The van der Waals surface area contributed by atoms with Crippen molar-refractivity contribution < 1.29 is 23.6 Å². The summed E-state index contributed by atoms with van der Waals surface area (Å²) in [6, 6.07) is 51.2. The third-order valence-corrected chi connectivity index (χ3v) is 12.9. The third kappa shape index (κ3) is 7.79. The number of likely N-dealkylation sites (N-methyl/N-ethyl adjacent to an activating group) is 1. The lowest BCUT2D eigenvalue weighted by atomic mass is 9.80. The van der Waals surface area contributed by atoms with Gasteiger partial charge in [-0.25, -0.2) is 9.59 Å². The molecule has 0 radical (unpaired) electrons. The Labute approximate surface area is 376 Å². The van der Waals surface area contributed by atoms with Crippen molar-refractivity contribution in [1.29, 1.82) is 0 Å². The molecule has 1 aliphatic carbocycles. The van der Waals surface area contributed by atoms with Crippen LogP contribution >= 0.6 is 0 Å². The molecule has 7 heteroatoms. The Morgan fingerprint density at radius 1 is 0.609 bits per heavy atom. The van der Waals surface area contributed by atoms with Gasteiger partial charge in [0.2, 0.25) is 5.69 Å². The van der Waals surface area contributed by atoms with Gasteiger partial charge in [0, 0.05) is 52.9 Å². The Hall–Kier alpha value is -7.51. The smallest absolute Gasteiger partial charge is 0.343 e. The van der Waals surface area contributed by atoms with E-state index in [1.165, 1.54) is 11.1 Å². The number of hydrogen-bond donors (Lipinski definition) is 0. The van der Waals surface area contributed by atoms with Gasteiger partial charge in [0.25, 0.3) is 0 Å². The van der Waals surface area contributed by atoms with Crippen LogP contribution in [-0.4, -0.2) is 36.3 Å². The van der Waals surface area contributed by atoms with E-state index in [-0.39, 0.29) is 11.9 Å². The summed E-state index contributed by atoms with van der Waals surface area (Å²) in [6.45, 7) is 8.87. The highest BCUT2D eigenvalue weighted by Gasteiger charge is 2.44. The molecular weight excluding hydrogens is 791 g/mol. The first kappa shape index (κ1) is 41.8. The summed E-state index contributed by atoms with van der Waals surface area (Å²) in [5, 5.41) is 0. The molecule has 0 saturated heterocycles. The van der Waals surface area contributed by atoms with Gasteiger partial charge in [-0.05, 0) is 128 Å². The summed E-state index contributed by atoms with van der Waals surface area (Å²) in [5.41, 5.74) is 12.5. The van der Waals surface area contributed by atoms with Crippen molar-refractivity contribution in [3.8, 4) is 11.5 Å². The maximum atomic E-state index is 13.3. The van der Waals surface area contributed by atoms with Crippen LogP contribution < -0.4 is 19.3 Å². The fourth-order valence-electron chi connectivity index (χ4n) is 9.48. The van der Waals surface area contributed by atoms with Crippen molar-refractivity contribution in [2.24, 2.45) is 0 Å². The first-order valence-corrected chi connectivity index (χ1v) is 21.8. The minimum atomic E-state index is -0.392. The van der Waals surface area contributed by atoms with Gasteiger partial charge in [0.1, 0.15) is 18.5 Å². The van der Waals surface area contributed by atoms with E-state index in [9.17, 15) is 9.59 Å². The van der Waals surface area contributed by atoms with E-state index in [2.05, 4.69) is 141 Å². The van der Waals surface area contributed by atoms with Gasteiger partial charge in [0.05, 0.1) is 22.2 Å². The van der Waals surface area contributed by atoms with Crippen molar-refractivity contribution >= 4 is 40.4 Å². The molecule has 0 unspecified atom stereocenters. The molecule has 2 heterocycles. The van der Waals surface area contributed by atoms with Crippen molar-refractivity contribution in [2.45, 2.75) is 51.4 Å². The van der Waals surface area contributed by atoms with Crippen LogP contribution in [0.3, 0.4) is 0 Å². The summed E-state index contributed by atoms with van der Waals surface area (Å²) in [5.74, 6) is 0.285. The predicted molar refractivity (Wildman–Crippen MR) is 258 cm³/mol. The minimum Gasteiger partial charge on any atom is -0.423 e. The van der Waals surface area contributed by atoms with Crippen LogP contribution in [0.4, 0.5) is 22.7 Å². The number of anilines is 3. The molecule has 9 rings (SSSR count). The molecule has 0 amide bonds. The number of rotatable bonds is 10. The number of ether oxygens (including phenoxy) is 2. The van der Waals surface area contributed by atoms with E-state index < -0.39 is 10.8 Å². The number of hydrogen-bond acceptors (Lipinski definition) is 6. The maximum Gasteiger partial charge on any atom is 0.343 e. The fourth-order valence-corrected chi connectivity index (χ4v) is 9.48. The molecule has 0 N–H and O–H groups in total. The van der Waals surface area contributed by atoms with Crippen molar-refractivity contribution in [3.63, 3.8) is 0 Å². The summed E-state index contributed by atoms with van der Waals surface area (Å²) in [4.78, 5) is 31.2. The highest BCUT2D eigenvalue weighted by molar-refractivity contribution is 6.04. The number of fused-ring (bicyclic) bond motifs is 2. The number of esters is 2. The molecule has 3 aliphatic rings. The van der Waals surface area contributed by atoms with Crippen molar-refractivity contribution in [1.82, 2.24) is 0 Å². The molecule has 0 aromatic heterocycles. The molecule has 6 aromatic carbocycles. The van der Waals surface area contributed by atoms with E-state index in [0.717, 1.165) is 63.8 Å². The molecule has 6 aromatic rings. The van der Waals surface area contributed by atoms with Crippen LogP contribution in [0.25, 0.3) is 0 Å². The number of para-hydroxylation sites is 4. The number of benzene rings is 6. The zero-order valence-electron chi connectivity index (χ0n) is 37.2. The zero-order valence-corrected chi connectivity index (χ0v) is 37.2. The van der Waals surface area contributed by atoms with Crippen LogP contribution in [-0.2, 0) is 10.8 Å². The van der Waals surface area contributed by atoms with Crippen LogP contribution in [0.5, 0.6) is 11.5 Å². The lowest BCUT2D eigenvalue weighted by Gasteiger charge is -2.29. The average Bonchev–Trinajstić information content (AvgIpc) is 3.86. The second kappa shape index (κ2) is 17.0. The second-order valence-corrected chi connectivity index (χ2v) is 17.6. The lowest BCUT2D eigenvalue weighted by molar-refractivity contribution is -0.401. The first-order valence-electron chi connectivity index (χ1n) is 21.8. The molecule has 318 valence electrons. The lowest BCUT2D eigenvalue weighted by Crippen LogP contribution is -2.27. The van der Waals surface area contributed by atoms with E-state index in [1.807, 2.05) is 72.8 Å². The van der Waals surface area contributed by atoms with Crippen LogP contribution in [0.15, 0.2) is 205 Å². The summed E-state index contributed by atoms with van der Waals surface area (Å²) < 4.78 is 13.7. The molecule has 64 heavy (non-hydrogen) atoms. The van der Waals surface area contributed by atoms with E-state index in [1.54, 1.807) is 24.3 Å². The number of carbonyl (C=O) groups excluding carboxylic acids is 2. The van der Waals surface area contributed by atoms with Crippen molar-refractivity contribution in [3.05, 3.63) is 227 Å². The monoisotopic (exact) mass is 842 g/mol. The molecule has 0 fully saturated rings. The van der Waals surface area contributed by atoms with Gasteiger partial charge in [0.15, 0.2) is 5.71 Å². The Balaban J connectivity index is 1.08.